The number of hydrogen-bond acceptors (Lipinski definition) is 5. The quantitative estimate of drug-likeness (QED) is 0.481. The Morgan fingerprint density at radius 3 is 2.44 bits per heavy atom. The van der Waals surface area contributed by atoms with Crippen molar-refractivity contribution < 1.29 is 22.7 Å². The van der Waals surface area contributed by atoms with Gasteiger partial charge in [-0.1, -0.05) is 47.5 Å². The van der Waals surface area contributed by atoms with Gasteiger partial charge in [-0.3, -0.25) is 9.10 Å². The molecule has 0 spiro atoms. The van der Waals surface area contributed by atoms with Gasteiger partial charge in [0.1, 0.15) is 19.8 Å². The minimum absolute atomic E-state index is 0.0266. The second-order valence-electron chi connectivity index (χ2n) is 7.61. The lowest BCUT2D eigenvalue weighted by atomic mass is 10.1. The highest BCUT2D eigenvalue weighted by Crippen LogP contribution is 2.34. The van der Waals surface area contributed by atoms with Crippen LogP contribution in [0, 0.1) is 0 Å². The molecule has 178 valence electrons. The van der Waals surface area contributed by atoms with E-state index >= 15 is 0 Å². The van der Waals surface area contributed by atoms with E-state index in [0.29, 0.717) is 24.7 Å². The largest absolute Gasteiger partial charge is 0.486 e. The molecule has 34 heavy (non-hydrogen) atoms. The Hall–Kier alpha value is -2.94. The number of nitrogens with zero attached hydrogens (tertiary/aromatic N) is 1. The van der Waals surface area contributed by atoms with E-state index in [2.05, 4.69) is 5.32 Å². The molecule has 0 aliphatic carbocycles. The maximum atomic E-state index is 13.5. The van der Waals surface area contributed by atoms with Crippen molar-refractivity contribution >= 4 is 44.8 Å². The summed E-state index contributed by atoms with van der Waals surface area (Å²) in [6.07, 6.45) is 0. The Labute approximate surface area is 208 Å². The zero-order chi connectivity index (χ0) is 24.3. The predicted octanol–water partition coefficient (Wildman–Crippen LogP) is 4.84. The normalized spacial score (nSPS) is 13.7. The van der Waals surface area contributed by atoms with Crippen molar-refractivity contribution in [3.05, 3.63) is 82.3 Å². The number of sulfonamides is 1. The zero-order valence-corrected chi connectivity index (χ0v) is 20.5. The van der Waals surface area contributed by atoms with Crippen LogP contribution in [0.25, 0.3) is 0 Å². The highest BCUT2D eigenvalue weighted by molar-refractivity contribution is 7.92. The summed E-state index contributed by atoms with van der Waals surface area (Å²) in [5.41, 5.74) is 0.899. The molecule has 1 aliphatic heterocycles. The van der Waals surface area contributed by atoms with Crippen LogP contribution < -0.4 is 19.1 Å². The number of amides is 1. The van der Waals surface area contributed by atoms with Crippen LogP contribution in [0.2, 0.25) is 10.0 Å². The van der Waals surface area contributed by atoms with Crippen molar-refractivity contribution in [3.8, 4) is 11.5 Å². The lowest BCUT2D eigenvalue weighted by Gasteiger charge is -2.26. The van der Waals surface area contributed by atoms with E-state index in [1.54, 1.807) is 43.3 Å². The summed E-state index contributed by atoms with van der Waals surface area (Å²) < 4.78 is 39.0. The first-order chi connectivity index (χ1) is 16.3. The van der Waals surface area contributed by atoms with E-state index in [-0.39, 0.29) is 20.6 Å². The lowest BCUT2D eigenvalue weighted by molar-refractivity contribution is -0.120. The highest BCUT2D eigenvalue weighted by atomic mass is 35.5. The number of benzene rings is 3. The van der Waals surface area contributed by atoms with E-state index < -0.39 is 28.5 Å². The Morgan fingerprint density at radius 1 is 1.00 bits per heavy atom. The summed E-state index contributed by atoms with van der Waals surface area (Å²) in [6.45, 7) is 2.23. The van der Waals surface area contributed by atoms with E-state index in [1.165, 1.54) is 24.3 Å². The van der Waals surface area contributed by atoms with Crippen LogP contribution in [0.5, 0.6) is 11.5 Å². The summed E-state index contributed by atoms with van der Waals surface area (Å²) >= 11 is 12.4. The van der Waals surface area contributed by atoms with Gasteiger partial charge in [-0.15, -0.1) is 0 Å². The number of anilines is 1. The second kappa shape index (κ2) is 10.1. The van der Waals surface area contributed by atoms with Crippen molar-refractivity contribution in [1.82, 2.24) is 5.32 Å². The minimum Gasteiger partial charge on any atom is -0.486 e. The van der Waals surface area contributed by atoms with Crippen LogP contribution in [-0.4, -0.2) is 34.1 Å². The maximum Gasteiger partial charge on any atom is 0.264 e. The number of carbonyl (C=O) groups excluding carboxylic acids is 1. The molecule has 1 aliphatic rings. The molecule has 1 amide bonds. The standard InChI is InChI=1S/C24H22Cl2N2O5S/c1-16(17-7-10-22-23(13-17)33-12-11-32-22)27-24(29)15-28(21-14-18(25)8-9-20(21)26)34(30,31)19-5-3-2-4-6-19/h2-10,13-14,16H,11-12,15H2,1H3,(H,27,29)/t16-/m0/s1. The lowest BCUT2D eigenvalue weighted by Crippen LogP contribution is -2.41. The Bertz CT molecular complexity index is 1300. The van der Waals surface area contributed by atoms with Crippen molar-refractivity contribution in [2.24, 2.45) is 0 Å². The fraction of sp³-hybridized carbons (Fsp3) is 0.208. The molecule has 0 saturated heterocycles. The molecule has 1 N–H and O–H groups in total. The molecule has 0 radical (unpaired) electrons. The van der Waals surface area contributed by atoms with E-state index in [9.17, 15) is 13.2 Å². The SMILES string of the molecule is C[C@H](NC(=O)CN(c1cc(Cl)ccc1Cl)S(=O)(=O)c1ccccc1)c1ccc2c(c1)OCCO2. The molecule has 0 bridgehead atoms. The van der Waals surface area contributed by atoms with Gasteiger partial charge in [0.15, 0.2) is 11.5 Å². The van der Waals surface area contributed by atoms with Crippen molar-refractivity contribution in [1.29, 1.82) is 0 Å². The monoisotopic (exact) mass is 520 g/mol. The Morgan fingerprint density at radius 2 is 1.71 bits per heavy atom. The van der Waals surface area contributed by atoms with Crippen LogP contribution in [0.15, 0.2) is 71.6 Å². The van der Waals surface area contributed by atoms with Crippen molar-refractivity contribution in [2.45, 2.75) is 17.9 Å². The number of hydrogen-bond donors (Lipinski definition) is 1. The zero-order valence-electron chi connectivity index (χ0n) is 18.2. The van der Waals surface area contributed by atoms with Gasteiger partial charge in [0, 0.05) is 5.02 Å². The van der Waals surface area contributed by atoms with Gasteiger partial charge in [0.05, 0.1) is 21.6 Å². The first kappa shape index (κ1) is 24.2. The average Bonchev–Trinajstić information content (AvgIpc) is 2.84. The summed E-state index contributed by atoms with van der Waals surface area (Å²) in [4.78, 5) is 13.1. The molecule has 0 saturated carbocycles. The second-order valence-corrected chi connectivity index (χ2v) is 10.3. The topological polar surface area (TPSA) is 84.9 Å². The molecule has 1 atom stereocenters. The molecule has 0 unspecified atom stereocenters. The minimum atomic E-state index is -4.11. The number of nitrogens with one attached hydrogen (secondary N) is 1. The number of rotatable bonds is 7. The average molecular weight is 521 g/mol. The van der Waals surface area contributed by atoms with Crippen LogP contribution in [0.4, 0.5) is 5.69 Å². The van der Waals surface area contributed by atoms with Crippen molar-refractivity contribution in [2.75, 3.05) is 24.1 Å². The fourth-order valence-electron chi connectivity index (χ4n) is 3.53. The molecule has 0 aromatic heterocycles. The molecular formula is C24H22Cl2N2O5S. The van der Waals surface area contributed by atoms with Crippen molar-refractivity contribution in [3.63, 3.8) is 0 Å². The molecule has 3 aromatic carbocycles. The van der Waals surface area contributed by atoms with Crippen LogP contribution in [0.1, 0.15) is 18.5 Å². The van der Waals surface area contributed by atoms with Gasteiger partial charge in [0.25, 0.3) is 10.0 Å². The Balaban J connectivity index is 1.60. The molecule has 0 fully saturated rings. The first-order valence-electron chi connectivity index (χ1n) is 10.5. The molecule has 1 heterocycles. The molecular weight excluding hydrogens is 499 g/mol. The third-order valence-electron chi connectivity index (χ3n) is 5.24. The van der Waals surface area contributed by atoms with Crippen LogP contribution >= 0.6 is 23.2 Å². The highest BCUT2D eigenvalue weighted by Gasteiger charge is 2.29. The van der Waals surface area contributed by atoms with Gasteiger partial charge in [-0.05, 0) is 55.0 Å². The van der Waals surface area contributed by atoms with Gasteiger partial charge < -0.3 is 14.8 Å². The number of ether oxygens (including phenoxy) is 2. The van der Waals surface area contributed by atoms with Gasteiger partial charge in [-0.2, -0.15) is 0 Å². The first-order valence-corrected chi connectivity index (χ1v) is 12.7. The summed E-state index contributed by atoms with van der Waals surface area (Å²) in [7, 11) is -4.11. The van der Waals surface area contributed by atoms with Crippen LogP contribution in [0.3, 0.4) is 0 Å². The van der Waals surface area contributed by atoms with E-state index in [1.807, 2.05) is 6.07 Å². The summed E-state index contributed by atoms with van der Waals surface area (Å²) in [6, 6.07) is 17.3. The number of fused-ring (bicyclic) bond motifs is 1. The summed E-state index contributed by atoms with van der Waals surface area (Å²) in [5, 5.41) is 3.28. The van der Waals surface area contributed by atoms with Gasteiger partial charge in [0.2, 0.25) is 5.91 Å². The smallest absolute Gasteiger partial charge is 0.264 e. The van der Waals surface area contributed by atoms with E-state index in [4.69, 9.17) is 32.7 Å². The fourth-order valence-corrected chi connectivity index (χ4v) is 5.42. The third kappa shape index (κ3) is 5.24. The maximum absolute atomic E-state index is 13.5. The summed E-state index contributed by atoms with van der Waals surface area (Å²) in [5.74, 6) is 0.728. The number of halogens is 2. The van der Waals surface area contributed by atoms with Crippen LogP contribution in [-0.2, 0) is 14.8 Å². The molecule has 10 heteroatoms. The number of carbonyl (C=O) groups is 1. The van der Waals surface area contributed by atoms with Gasteiger partial charge in [-0.25, -0.2) is 8.42 Å². The van der Waals surface area contributed by atoms with E-state index in [0.717, 1.165) is 9.87 Å². The Kier molecular flexibility index (Phi) is 7.21. The third-order valence-corrected chi connectivity index (χ3v) is 7.57. The molecule has 4 rings (SSSR count). The predicted molar refractivity (Wildman–Crippen MR) is 131 cm³/mol. The van der Waals surface area contributed by atoms with Gasteiger partial charge >= 0.3 is 0 Å². The molecule has 7 nitrogen and oxygen atoms in total. The molecule has 3 aromatic rings.